The third kappa shape index (κ3) is 4.09. The lowest BCUT2D eigenvalue weighted by Crippen LogP contribution is -2.43. The molecule has 2 atom stereocenters. The van der Waals surface area contributed by atoms with E-state index in [-0.39, 0.29) is 17.9 Å². The van der Waals surface area contributed by atoms with E-state index in [2.05, 4.69) is 13.8 Å². The van der Waals surface area contributed by atoms with Crippen LogP contribution in [0, 0.1) is 11.8 Å². The normalized spacial score (nSPS) is 15.4. The number of hydrogen-bond donors (Lipinski definition) is 1. The van der Waals surface area contributed by atoms with Crippen molar-refractivity contribution in [1.82, 2.24) is 4.90 Å². The highest BCUT2D eigenvalue weighted by molar-refractivity contribution is 5.79. The predicted octanol–water partition coefficient (Wildman–Crippen LogP) is 1.47. The van der Waals surface area contributed by atoms with Gasteiger partial charge < -0.3 is 10.6 Å². The summed E-state index contributed by atoms with van der Waals surface area (Å²) in [6.07, 6.45) is 0. The summed E-state index contributed by atoms with van der Waals surface area (Å²) in [5, 5.41) is 0. The Kier molecular flexibility index (Phi) is 5.77. The number of hydrogen-bond acceptors (Lipinski definition) is 2. The molecule has 0 aromatic carbocycles. The first-order chi connectivity index (χ1) is 6.40. The van der Waals surface area contributed by atoms with Crippen LogP contribution in [0.15, 0.2) is 0 Å². The summed E-state index contributed by atoms with van der Waals surface area (Å²) in [7, 11) is 0. The van der Waals surface area contributed by atoms with Gasteiger partial charge in [-0.1, -0.05) is 20.8 Å². The van der Waals surface area contributed by atoms with Gasteiger partial charge in [0.15, 0.2) is 0 Å². The maximum atomic E-state index is 11.9. The Hall–Kier alpha value is -0.570. The van der Waals surface area contributed by atoms with Crippen LogP contribution in [0.4, 0.5) is 0 Å². The molecule has 0 aliphatic rings. The molecule has 0 aromatic heterocycles. The number of carbonyl (C=O) groups excluding carboxylic acids is 1. The zero-order valence-corrected chi connectivity index (χ0v) is 10.1. The van der Waals surface area contributed by atoms with Crippen molar-refractivity contribution in [1.29, 1.82) is 0 Å². The van der Waals surface area contributed by atoms with E-state index in [9.17, 15) is 4.79 Å². The first-order valence-electron chi connectivity index (χ1n) is 5.44. The smallest absolute Gasteiger partial charge is 0.226 e. The van der Waals surface area contributed by atoms with Gasteiger partial charge in [-0.2, -0.15) is 0 Å². The van der Waals surface area contributed by atoms with Gasteiger partial charge in [0.25, 0.3) is 0 Å². The Bertz CT molecular complexity index is 178. The SMILES string of the molecule is CCN(CC(C)C)C(=O)C(C)C(C)N. The van der Waals surface area contributed by atoms with Gasteiger partial charge in [0.1, 0.15) is 0 Å². The van der Waals surface area contributed by atoms with Crippen molar-refractivity contribution >= 4 is 5.91 Å². The van der Waals surface area contributed by atoms with E-state index >= 15 is 0 Å². The molecule has 3 nitrogen and oxygen atoms in total. The van der Waals surface area contributed by atoms with Crippen LogP contribution in [0.2, 0.25) is 0 Å². The lowest BCUT2D eigenvalue weighted by molar-refractivity contribution is -0.135. The molecule has 2 N–H and O–H groups in total. The lowest BCUT2D eigenvalue weighted by atomic mass is 10.0. The van der Waals surface area contributed by atoms with Crippen molar-refractivity contribution in [2.24, 2.45) is 17.6 Å². The molecule has 0 aromatic rings. The summed E-state index contributed by atoms with van der Waals surface area (Å²) in [5.74, 6) is 0.615. The van der Waals surface area contributed by atoms with Crippen LogP contribution in [0.5, 0.6) is 0 Å². The monoisotopic (exact) mass is 200 g/mol. The molecule has 0 bridgehead atoms. The van der Waals surface area contributed by atoms with Crippen molar-refractivity contribution in [3.63, 3.8) is 0 Å². The molecule has 3 heteroatoms. The van der Waals surface area contributed by atoms with Gasteiger partial charge in [-0.3, -0.25) is 4.79 Å². The number of carbonyl (C=O) groups is 1. The molecule has 0 aliphatic heterocycles. The number of rotatable bonds is 5. The number of amides is 1. The number of nitrogens with two attached hydrogens (primary N) is 1. The molecular weight excluding hydrogens is 176 g/mol. The van der Waals surface area contributed by atoms with Gasteiger partial charge in [0.05, 0.1) is 5.92 Å². The summed E-state index contributed by atoms with van der Waals surface area (Å²) in [6.45, 7) is 11.6. The molecular formula is C11H24N2O. The van der Waals surface area contributed by atoms with Crippen LogP contribution in [-0.2, 0) is 4.79 Å². The minimum atomic E-state index is -0.0753. The van der Waals surface area contributed by atoms with Gasteiger partial charge >= 0.3 is 0 Å². The summed E-state index contributed by atoms with van der Waals surface area (Å²) in [4.78, 5) is 13.8. The molecule has 0 radical (unpaired) electrons. The zero-order chi connectivity index (χ0) is 11.3. The van der Waals surface area contributed by atoms with E-state index in [1.54, 1.807) is 0 Å². The third-order valence-electron chi connectivity index (χ3n) is 2.46. The highest BCUT2D eigenvalue weighted by Gasteiger charge is 2.22. The first-order valence-corrected chi connectivity index (χ1v) is 5.44. The second kappa shape index (κ2) is 6.02. The summed E-state index contributed by atoms with van der Waals surface area (Å²) in [6, 6.07) is -0.0660. The minimum absolute atomic E-state index is 0.0660. The average Bonchev–Trinajstić information content (AvgIpc) is 2.11. The molecule has 0 saturated carbocycles. The van der Waals surface area contributed by atoms with Crippen LogP contribution in [-0.4, -0.2) is 29.9 Å². The molecule has 0 fully saturated rings. The van der Waals surface area contributed by atoms with Crippen molar-refractivity contribution < 1.29 is 4.79 Å². The molecule has 0 aliphatic carbocycles. The Balaban J connectivity index is 4.30. The average molecular weight is 200 g/mol. The van der Waals surface area contributed by atoms with Gasteiger partial charge in [0.2, 0.25) is 5.91 Å². The molecule has 0 saturated heterocycles. The Labute approximate surface area is 87.6 Å². The highest BCUT2D eigenvalue weighted by Crippen LogP contribution is 2.08. The van der Waals surface area contributed by atoms with Crippen molar-refractivity contribution in [3.05, 3.63) is 0 Å². The fourth-order valence-corrected chi connectivity index (χ4v) is 1.33. The second-order valence-corrected chi connectivity index (χ2v) is 4.42. The van der Waals surface area contributed by atoms with Crippen LogP contribution in [0.1, 0.15) is 34.6 Å². The summed E-state index contributed by atoms with van der Waals surface area (Å²) >= 11 is 0. The molecule has 84 valence electrons. The van der Waals surface area contributed by atoms with Crippen LogP contribution in [0.3, 0.4) is 0 Å². The molecule has 1 amide bonds. The van der Waals surface area contributed by atoms with E-state index in [1.807, 2.05) is 25.7 Å². The molecule has 14 heavy (non-hydrogen) atoms. The second-order valence-electron chi connectivity index (χ2n) is 4.42. The third-order valence-corrected chi connectivity index (χ3v) is 2.46. The standard InChI is InChI=1S/C11H24N2O/c1-6-13(7-8(2)3)11(14)9(4)10(5)12/h8-10H,6-7,12H2,1-5H3. The van der Waals surface area contributed by atoms with E-state index in [0.717, 1.165) is 13.1 Å². The van der Waals surface area contributed by atoms with E-state index in [4.69, 9.17) is 5.73 Å². The van der Waals surface area contributed by atoms with Gasteiger partial charge in [0, 0.05) is 19.1 Å². The van der Waals surface area contributed by atoms with Crippen molar-refractivity contribution in [3.8, 4) is 0 Å². The topological polar surface area (TPSA) is 46.3 Å². The van der Waals surface area contributed by atoms with E-state index in [1.165, 1.54) is 0 Å². The molecule has 2 unspecified atom stereocenters. The lowest BCUT2D eigenvalue weighted by Gasteiger charge is -2.27. The van der Waals surface area contributed by atoms with E-state index in [0.29, 0.717) is 5.92 Å². The molecule has 0 heterocycles. The van der Waals surface area contributed by atoms with Crippen molar-refractivity contribution in [2.45, 2.75) is 40.7 Å². The quantitative estimate of drug-likeness (QED) is 0.730. The zero-order valence-electron chi connectivity index (χ0n) is 10.1. The highest BCUT2D eigenvalue weighted by atomic mass is 16.2. The first kappa shape index (κ1) is 13.4. The number of nitrogens with zero attached hydrogens (tertiary/aromatic N) is 1. The molecule has 0 spiro atoms. The predicted molar refractivity (Wildman–Crippen MR) is 59.9 cm³/mol. The fraction of sp³-hybridized carbons (Fsp3) is 0.909. The van der Waals surface area contributed by atoms with Crippen LogP contribution in [0.25, 0.3) is 0 Å². The Morgan fingerprint density at radius 1 is 1.29 bits per heavy atom. The van der Waals surface area contributed by atoms with E-state index < -0.39 is 0 Å². The fourth-order valence-electron chi connectivity index (χ4n) is 1.33. The van der Waals surface area contributed by atoms with Crippen LogP contribution < -0.4 is 5.73 Å². The van der Waals surface area contributed by atoms with Crippen molar-refractivity contribution in [2.75, 3.05) is 13.1 Å². The summed E-state index contributed by atoms with van der Waals surface area (Å²) < 4.78 is 0. The van der Waals surface area contributed by atoms with Gasteiger partial charge in [-0.05, 0) is 19.8 Å². The summed E-state index contributed by atoms with van der Waals surface area (Å²) in [5.41, 5.74) is 5.71. The Morgan fingerprint density at radius 3 is 2.07 bits per heavy atom. The minimum Gasteiger partial charge on any atom is -0.342 e. The maximum Gasteiger partial charge on any atom is 0.226 e. The molecule has 0 rings (SSSR count). The Morgan fingerprint density at radius 2 is 1.79 bits per heavy atom. The van der Waals surface area contributed by atoms with Gasteiger partial charge in [-0.25, -0.2) is 0 Å². The van der Waals surface area contributed by atoms with Gasteiger partial charge in [-0.15, -0.1) is 0 Å². The largest absolute Gasteiger partial charge is 0.342 e. The maximum absolute atomic E-state index is 11.9. The van der Waals surface area contributed by atoms with Crippen LogP contribution >= 0.6 is 0 Å².